The van der Waals surface area contributed by atoms with Gasteiger partial charge in [0.15, 0.2) is 0 Å². The molecule has 0 radical (unpaired) electrons. The highest BCUT2D eigenvalue weighted by molar-refractivity contribution is 5.38. The molecule has 0 aliphatic heterocycles. The third-order valence-electron chi connectivity index (χ3n) is 3.87. The maximum atomic E-state index is 5.98. The van der Waals surface area contributed by atoms with Gasteiger partial charge in [0.2, 0.25) is 0 Å². The molecule has 2 heteroatoms. The standard InChI is InChI=1S/C18H25NO/c1-5-12-19-18(17-11-10-15(6-2)20-17)16-9-7-8-13(3)14(16)4/h7-11,18-19H,5-6,12H2,1-4H3. The third-order valence-corrected chi connectivity index (χ3v) is 3.87. The highest BCUT2D eigenvalue weighted by atomic mass is 16.3. The van der Waals surface area contributed by atoms with Gasteiger partial charge in [0, 0.05) is 6.42 Å². The Morgan fingerprint density at radius 3 is 2.55 bits per heavy atom. The summed E-state index contributed by atoms with van der Waals surface area (Å²) < 4.78 is 5.98. The zero-order chi connectivity index (χ0) is 14.5. The van der Waals surface area contributed by atoms with Gasteiger partial charge in [0.25, 0.3) is 0 Å². The molecule has 2 rings (SSSR count). The van der Waals surface area contributed by atoms with Crippen LogP contribution in [-0.2, 0) is 6.42 Å². The van der Waals surface area contributed by atoms with Gasteiger partial charge in [-0.25, -0.2) is 0 Å². The van der Waals surface area contributed by atoms with Crippen molar-refractivity contribution in [1.29, 1.82) is 0 Å². The minimum Gasteiger partial charge on any atom is -0.464 e. The first kappa shape index (κ1) is 14.9. The molecule has 2 nitrogen and oxygen atoms in total. The first-order chi connectivity index (χ1) is 9.67. The van der Waals surface area contributed by atoms with Crippen molar-refractivity contribution in [3.8, 4) is 0 Å². The van der Waals surface area contributed by atoms with E-state index in [1.165, 1.54) is 16.7 Å². The van der Waals surface area contributed by atoms with Crippen LogP contribution in [0, 0.1) is 13.8 Å². The summed E-state index contributed by atoms with van der Waals surface area (Å²) in [4.78, 5) is 0. The number of hydrogen-bond acceptors (Lipinski definition) is 2. The van der Waals surface area contributed by atoms with Crippen LogP contribution < -0.4 is 5.32 Å². The van der Waals surface area contributed by atoms with Crippen molar-refractivity contribution in [2.24, 2.45) is 0 Å². The van der Waals surface area contributed by atoms with Gasteiger partial charge in [-0.3, -0.25) is 0 Å². The Kier molecular flexibility index (Phi) is 5.02. The Morgan fingerprint density at radius 2 is 1.90 bits per heavy atom. The molecular formula is C18H25NO. The summed E-state index contributed by atoms with van der Waals surface area (Å²) in [5.74, 6) is 2.07. The summed E-state index contributed by atoms with van der Waals surface area (Å²) in [6.07, 6.45) is 2.05. The van der Waals surface area contributed by atoms with Gasteiger partial charge in [-0.05, 0) is 55.6 Å². The van der Waals surface area contributed by atoms with Crippen LogP contribution in [0.1, 0.15) is 54.5 Å². The second kappa shape index (κ2) is 6.76. The van der Waals surface area contributed by atoms with Gasteiger partial charge in [-0.1, -0.05) is 32.0 Å². The summed E-state index contributed by atoms with van der Waals surface area (Å²) in [5, 5.41) is 3.61. The van der Waals surface area contributed by atoms with Crippen LogP contribution in [0.15, 0.2) is 34.7 Å². The molecule has 0 aliphatic rings. The monoisotopic (exact) mass is 271 g/mol. The van der Waals surface area contributed by atoms with Gasteiger partial charge < -0.3 is 9.73 Å². The molecular weight excluding hydrogens is 246 g/mol. The van der Waals surface area contributed by atoms with Gasteiger partial charge >= 0.3 is 0 Å². The number of benzene rings is 1. The molecule has 108 valence electrons. The fourth-order valence-corrected chi connectivity index (χ4v) is 2.48. The van der Waals surface area contributed by atoms with E-state index in [4.69, 9.17) is 4.42 Å². The summed E-state index contributed by atoms with van der Waals surface area (Å²) >= 11 is 0. The molecule has 0 saturated carbocycles. The molecule has 0 bridgehead atoms. The number of furan rings is 1. The maximum Gasteiger partial charge on any atom is 0.125 e. The van der Waals surface area contributed by atoms with E-state index in [0.717, 1.165) is 30.9 Å². The van der Waals surface area contributed by atoms with Crippen molar-refractivity contribution in [2.75, 3.05) is 6.54 Å². The van der Waals surface area contributed by atoms with E-state index >= 15 is 0 Å². The lowest BCUT2D eigenvalue weighted by atomic mass is 9.96. The van der Waals surface area contributed by atoms with E-state index in [1.807, 2.05) is 0 Å². The molecule has 20 heavy (non-hydrogen) atoms. The molecule has 0 fully saturated rings. The predicted octanol–water partition coefficient (Wildman–Crippen LogP) is 4.55. The molecule has 1 unspecified atom stereocenters. The van der Waals surface area contributed by atoms with Crippen LogP contribution in [0.4, 0.5) is 0 Å². The highest BCUT2D eigenvalue weighted by Crippen LogP contribution is 2.28. The van der Waals surface area contributed by atoms with Crippen LogP contribution in [0.25, 0.3) is 0 Å². The molecule has 1 aromatic heterocycles. The summed E-state index contributed by atoms with van der Waals surface area (Å²) in [6, 6.07) is 10.8. The zero-order valence-electron chi connectivity index (χ0n) is 13.0. The van der Waals surface area contributed by atoms with Gasteiger partial charge in [-0.2, -0.15) is 0 Å². The lowest BCUT2D eigenvalue weighted by molar-refractivity contribution is 0.421. The Hall–Kier alpha value is -1.54. The van der Waals surface area contributed by atoms with Crippen LogP contribution in [0.3, 0.4) is 0 Å². The molecule has 0 saturated heterocycles. The minimum atomic E-state index is 0.148. The van der Waals surface area contributed by atoms with Crippen molar-refractivity contribution in [3.05, 3.63) is 58.5 Å². The lowest BCUT2D eigenvalue weighted by Gasteiger charge is -2.20. The van der Waals surface area contributed by atoms with E-state index in [2.05, 4.69) is 63.3 Å². The summed E-state index contributed by atoms with van der Waals surface area (Å²) in [5.41, 5.74) is 3.99. The fourth-order valence-electron chi connectivity index (χ4n) is 2.48. The number of aryl methyl sites for hydroxylation is 2. The molecule has 0 amide bonds. The zero-order valence-corrected chi connectivity index (χ0v) is 13.0. The van der Waals surface area contributed by atoms with Crippen molar-refractivity contribution in [2.45, 2.75) is 46.6 Å². The average Bonchev–Trinajstić information content (AvgIpc) is 2.92. The molecule has 0 spiro atoms. The SMILES string of the molecule is CCCNC(c1ccc(CC)o1)c1cccc(C)c1C. The quantitative estimate of drug-likeness (QED) is 0.834. The predicted molar refractivity (Wildman–Crippen MR) is 84.1 cm³/mol. The van der Waals surface area contributed by atoms with Crippen LogP contribution >= 0.6 is 0 Å². The highest BCUT2D eigenvalue weighted by Gasteiger charge is 2.19. The van der Waals surface area contributed by atoms with Crippen molar-refractivity contribution >= 4 is 0 Å². The van der Waals surface area contributed by atoms with E-state index in [-0.39, 0.29) is 6.04 Å². The van der Waals surface area contributed by atoms with Crippen molar-refractivity contribution in [1.82, 2.24) is 5.32 Å². The first-order valence-electron chi connectivity index (χ1n) is 7.55. The average molecular weight is 271 g/mol. The van der Waals surface area contributed by atoms with Gasteiger partial charge in [0.1, 0.15) is 11.5 Å². The Bertz CT molecular complexity index is 556. The normalized spacial score (nSPS) is 12.6. The number of rotatable bonds is 6. The fraction of sp³-hybridized carbons (Fsp3) is 0.444. The van der Waals surface area contributed by atoms with Crippen molar-refractivity contribution in [3.63, 3.8) is 0 Å². The van der Waals surface area contributed by atoms with Gasteiger partial charge in [-0.15, -0.1) is 0 Å². The Morgan fingerprint density at radius 1 is 1.10 bits per heavy atom. The van der Waals surface area contributed by atoms with Crippen LogP contribution in [0.2, 0.25) is 0 Å². The number of nitrogens with one attached hydrogen (secondary N) is 1. The second-order valence-corrected chi connectivity index (χ2v) is 5.33. The van der Waals surface area contributed by atoms with Gasteiger partial charge in [0.05, 0.1) is 6.04 Å². The van der Waals surface area contributed by atoms with E-state index in [0.29, 0.717) is 0 Å². The molecule has 1 N–H and O–H groups in total. The molecule has 0 aliphatic carbocycles. The summed E-state index contributed by atoms with van der Waals surface area (Å²) in [6.45, 7) is 9.65. The molecule has 1 atom stereocenters. The first-order valence-corrected chi connectivity index (χ1v) is 7.55. The van der Waals surface area contributed by atoms with Crippen LogP contribution in [0.5, 0.6) is 0 Å². The van der Waals surface area contributed by atoms with Crippen LogP contribution in [-0.4, -0.2) is 6.54 Å². The molecule has 1 heterocycles. The summed E-state index contributed by atoms with van der Waals surface area (Å²) in [7, 11) is 0. The van der Waals surface area contributed by atoms with Crippen molar-refractivity contribution < 1.29 is 4.42 Å². The number of hydrogen-bond donors (Lipinski definition) is 1. The molecule has 2 aromatic rings. The van der Waals surface area contributed by atoms with E-state index < -0.39 is 0 Å². The Balaban J connectivity index is 2.38. The topological polar surface area (TPSA) is 25.2 Å². The second-order valence-electron chi connectivity index (χ2n) is 5.33. The third kappa shape index (κ3) is 3.13. The lowest BCUT2D eigenvalue weighted by Crippen LogP contribution is -2.23. The smallest absolute Gasteiger partial charge is 0.125 e. The van der Waals surface area contributed by atoms with E-state index in [1.54, 1.807) is 0 Å². The molecule has 1 aromatic carbocycles. The Labute approximate surface area is 122 Å². The minimum absolute atomic E-state index is 0.148. The largest absolute Gasteiger partial charge is 0.464 e. The maximum absolute atomic E-state index is 5.98. The van der Waals surface area contributed by atoms with E-state index in [9.17, 15) is 0 Å².